The van der Waals surface area contributed by atoms with E-state index in [1.165, 1.54) is 0 Å². The number of rotatable bonds is 3. The Kier molecular flexibility index (Phi) is 1.97. The molecule has 2 heterocycles. The molecule has 5 nitrogen and oxygen atoms in total. The Morgan fingerprint density at radius 1 is 1.83 bits per heavy atom. The molecule has 0 unspecified atom stereocenters. The lowest BCUT2D eigenvalue weighted by molar-refractivity contribution is -0.138. The summed E-state index contributed by atoms with van der Waals surface area (Å²) in [7, 11) is 0. The van der Waals surface area contributed by atoms with E-state index in [2.05, 4.69) is 0 Å². The second kappa shape index (κ2) is 2.67. The molecule has 1 aromatic rings. The molecule has 1 atom stereocenters. The monoisotopic (exact) mass is 171 g/mol. The van der Waals surface area contributed by atoms with Crippen LogP contribution in [0.1, 0.15) is 13.1 Å². The smallest absolute Gasteiger partial charge is 0.320 e. The summed E-state index contributed by atoms with van der Waals surface area (Å²) in [6, 6.07) is -0.760. The van der Waals surface area contributed by atoms with Gasteiger partial charge in [0.1, 0.15) is 12.7 Å². The molecule has 1 aliphatic heterocycles. The van der Waals surface area contributed by atoms with Crippen molar-refractivity contribution in [2.75, 3.05) is 0 Å². The first-order valence-corrected chi connectivity index (χ1v) is 3.41. The molecular weight excluding hydrogens is 158 g/mol. The summed E-state index contributed by atoms with van der Waals surface area (Å²) in [5, 5.41) is 8.47. The van der Waals surface area contributed by atoms with Crippen molar-refractivity contribution in [3.05, 3.63) is 11.9 Å². The van der Waals surface area contributed by atoms with Gasteiger partial charge >= 0.3 is 5.97 Å². The number of carboxylic acid groups (broad SMARTS) is 1. The summed E-state index contributed by atoms with van der Waals surface area (Å²) < 4.78 is 3.98. The van der Waals surface area contributed by atoms with E-state index in [0.29, 0.717) is 6.42 Å². The van der Waals surface area contributed by atoms with E-state index in [-0.39, 0.29) is 7.43 Å². The maximum Gasteiger partial charge on any atom is 0.320 e. The fourth-order valence-corrected chi connectivity index (χ4v) is 1.13. The Labute approximate surface area is 70.4 Å². The van der Waals surface area contributed by atoms with Gasteiger partial charge in [0, 0.05) is 12.6 Å². The highest BCUT2D eigenvalue weighted by Crippen LogP contribution is 2.18. The van der Waals surface area contributed by atoms with Crippen molar-refractivity contribution < 1.29 is 9.90 Å². The number of aliphatic carboxylic acids is 1. The van der Waals surface area contributed by atoms with Crippen molar-refractivity contribution in [1.82, 2.24) is 9.36 Å². The lowest BCUT2D eigenvalue weighted by atomic mass is 10.2. The summed E-state index contributed by atoms with van der Waals surface area (Å²) in [5.74, 6) is -0.939. The van der Waals surface area contributed by atoms with Gasteiger partial charge in [0.25, 0.3) is 0 Å². The summed E-state index contributed by atoms with van der Waals surface area (Å²) in [6.07, 6.45) is 2.36. The largest absolute Gasteiger partial charge is 0.480 e. The summed E-state index contributed by atoms with van der Waals surface area (Å²) in [6.45, 7) is 0.904. The standard InChI is InChI=1S/C6H9N3O2.CH4/c7-5(6(10)11)1-4-2-8-3-9(4)8;/h2,5H,1,3,7H2,(H,10,11);1H4/t5-,8?,9?;/m0./s1. The normalized spacial score (nSPS) is 14.8. The van der Waals surface area contributed by atoms with Gasteiger partial charge in [-0.25, -0.2) is 0 Å². The fourth-order valence-electron chi connectivity index (χ4n) is 1.13. The van der Waals surface area contributed by atoms with Crippen LogP contribution in [0.2, 0.25) is 0 Å². The maximum atomic E-state index is 10.3. The first-order chi connectivity index (χ1) is 5.18. The van der Waals surface area contributed by atoms with Crippen molar-refractivity contribution in [1.29, 1.82) is 0 Å². The molecule has 5 heteroatoms. The Morgan fingerprint density at radius 2 is 2.50 bits per heavy atom. The number of carbonyl (C=O) groups is 1. The zero-order chi connectivity index (χ0) is 8.01. The van der Waals surface area contributed by atoms with E-state index in [0.717, 1.165) is 12.4 Å². The summed E-state index contributed by atoms with van der Waals surface area (Å²) in [5.41, 5.74) is 6.35. The number of nitrogens with two attached hydrogens (primary N) is 1. The van der Waals surface area contributed by atoms with Crippen LogP contribution in [0.25, 0.3) is 0 Å². The molecule has 68 valence electrons. The number of fused-ring (bicyclic) bond motifs is 1. The van der Waals surface area contributed by atoms with Crippen LogP contribution in [0.4, 0.5) is 0 Å². The van der Waals surface area contributed by atoms with Gasteiger partial charge in [0.15, 0.2) is 0 Å². The van der Waals surface area contributed by atoms with Gasteiger partial charge in [-0.1, -0.05) is 7.43 Å². The quantitative estimate of drug-likeness (QED) is 0.665. The number of nitrogens with zero attached hydrogens (tertiary/aromatic N) is 2. The third-order valence-corrected chi connectivity index (χ3v) is 1.88. The second-order valence-electron chi connectivity index (χ2n) is 2.75. The minimum absolute atomic E-state index is 0. The zero-order valence-corrected chi connectivity index (χ0v) is 5.90. The number of carboxylic acids is 1. The Balaban J connectivity index is 0.000000720. The molecule has 0 fully saturated rings. The highest BCUT2D eigenvalue weighted by Gasteiger charge is 2.25. The van der Waals surface area contributed by atoms with Gasteiger partial charge in [0.05, 0.1) is 5.69 Å². The number of hydrogen-bond donors (Lipinski definition) is 2. The van der Waals surface area contributed by atoms with Crippen LogP contribution >= 0.6 is 0 Å². The molecule has 1 aliphatic rings. The van der Waals surface area contributed by atoms with Gasteiger partial charge in [0.2, 0.25) is 0 Å². The molecule has 3 N–H and O–H groups in total. The zero-order valence-electron chi connectivity index (χ0n) is 5.90. The molecular formula is C7H13N3O2. The van der Waals surface area contributed by atoms with Gasteiger partial charge in [-0.3, -0.25) is 14.2 Å². The number of hydrogen-bond acceptors (Lipinski definition) is 2. The summed E-state index contributed by atoms with van der Waals surface area (Å²) >= 11 is 0. The maximum absolute atomic E-state index is 10.3. The van der Waals surface area contributed by atoms with E-state index in [1.807, 2.05) is 15.6 Å². The molecule has 0 saturated carbocycles. The minimum Gasteiger partial charge on any atom is -0.480 e. The molecule has 12 heavy (non-hydrogen) atoms. The lowest BCUT2D eigenvalue weighted by Crippen LogP contribution is -2.33. The SMILES string of the molecule is C.N[C@@H](Cc1cn2n1C2)C(=O)O. The average molecular weight is 171 g/mol. The lowest BCUT2D eigenvalue weighted by Gasteiger charge is -2.06. The molecule has 0 aliphatic carbocycles. The molecule has 2 rings (SSSR count). The first kappa shape index (κ1) is 8.86. The van der Waals surface area contributed by atoms with Gasteiger partial charge in [-0.05, 0) is 0 Å². The predicted octanol–water partition coefficient (Wildman–Crippen LogP) is -0.301. The van der Waals surface area contributed by atoms with Crippen molar-refractivity contribution in [3.63, 3.8) is 0 Å². The Hall–Kier alpha value is -1.23. The van der Waals surface area contributed by atoms with E-state index < -0.39 is 12.0 Å². The van der Waals surface area contributed by atoms with E-state index in [9.17, 15) is 4.79 Å². The van der Waals surface area contributed by atoms with Crippen molar-refractivity contribution in [2.24, 2.45) is 5.73 Å². The summed E-state index contributed by atoms with van der Waals surface area (Å²) in [4.78, 5) is 10.3. The first-order valence-electron chi connectivity index (χ1n) is 3.41. The molecule has 0 amide bonds. The minimum atomic E-state index is -0.939. The van der Waals surface area contributed by atoms with E-state index in [1.54, 1.807) is 0 Å². The van der Waals surface area contributed by atoms with Crippen molar-refractivity contribution in [3.8, 4) is 0 Å². The number of aromatic nitrogens is 2. The average Bonchev–Trinajstić information content (AvgIpc) is 2.55. The highest BCUT2D eigenvalue weighted by atomic mass is 16.4. The van der Waals surface area contributed by atoms with Crippen LogP contribution in [-0.2, 0) is 17.9 Å². The Morgan fingerprint density at radius 3 is 2.83 bits per heavy atom. The topological polar surface area (TPSA) is 73.2 Å². The van der Waals surface area contributed by atoms with Gasteiger partial charge in [-0.15, -0.1) is 0 Å². The van der Waals surface area contributed by atoms with Crippen LogP contribution in [0.3, 0.4) is 0 Å². The molecule has 1 aromatic heterocycles. The third kappa shape index (κ3) is 1.23. The predicted molar refractivity (Wildman–Crippen MR) is 43.9 cm³/mol. The fraction of sp³-hybridized carbons (Fsp3) is 0.571. The molecule has 0 bridgehead atoms. The van der Waals surface area contributed by atoms with Crippen LogP contribution < -0.4 is 5.73 Å². The Bertz CT molecular complexity index is 300. The van der Waals surface area contributed by atoms with Crippen LogP contribution in [0.15, 0.2) is 6.20 Å². The van der Waals surface area contributed by atoms with E-state index in [4.69, 9.17) is 10.8 Å². The highest BCUT2D eigenvalue weighted by molar-refractivity contribution is 5.73. The molecule has 0 radical (unpaired) electrons. The van der Waals surface area contributed by atoms with Gasteiger partial charge in [-0.2, -0.15) is 0 Å². The van der Waals surface area contributed by atoms with Gasteiger partial charge < -0.3 is 10.8 Å². The molecule has 0 aromatic carbocycles. The van der Waals surface area contributed by atoms with E-state index >= 15 is 0 Å². The van der Waals surface area contributed by atoms with Crippen molar-refractivity contribution >= 4 is 5.97 Å². The third-order valence-electron chi connectivity index (χ3n) is 1.88. The van der Waals surface area contributed by atoms with Crippen molar-refractivity contribution in [2.45, 2.75) is 26.6 Å². The van der Waals surface area contributed by atoms with Crippen LogP contribution in [-0.4, -0.2) is 26.5 Å². The molecule has 0 spiro atoms. The second-order valence-corrected chi connectivity index (χ2v) is 2.75. The molecule has 0 saturated heterocycles. The van der Waals surface area contributed by atoms with Crippen LogP contribution in [0.5, 0.6) is 0 Å². The van der Waals surface area contributed by atoms with Crippen LogP contribution in [0, 0.1) is 0 Å².